The van der Waals surface area contributed by atoms with Gasteiger partial charge in [0.2, 0.25) is 0 Å². The van der Waals surface area contributed by atoms with E-state index in [0.717, 1.165) is 16.5 Å². The van der Waals surface area contributed by atoms with Crippen LogP contribution in [0.1, 0.15) is 45.9 Å². The highest BCUT2D eigenvalue weighted by molar-refractivity contribution is 7.80. The molecule has 0 spiro atoms. The van der Waals surface area contributed by atoms with Crippen molar-refractivity contribution < 1.29 is 0 Å². The number of aromatic nitrogens is 2. The third kappa shape index (κ3) is 3.62. The Kier molecular flexibility index (Phi) is 5.51. The fraction of sp³-hybridized carbons (Fsp3) is 0.214. The molecule has 2 aromatic carbocycles. The lowest BCUT2D eigenvalue weighted by molar-refractivity contribution is 0.565. The molecule has 5 rings (SSSR count). The van der Waals surface area contributed by atoms with E-state index in [1.54, 1.807) is 0 Å². The van der Waals surface area contributed by atoms with Gasteiger partial charge in [-0.2, -0.15) is 0 Å². The third-order valence-corrected chi connectivity index (χ3v) is 7.05. The fourth-order valence-electron chi connectivity index (χ4n) is 4.97. The molecule has 0 aliphatic carbocycles. The first-order valence-corrected chi connectivity index (χ1v) is 11.7. The average molecular weight is 453 g/mol. The Morgan fingerprint density at radius 2 is 1.64 bits per heavy atom. The highest BCUT2D eigenvalue weighted by Crippen LogP contribution is 2.43. The first kappa shape index (κ1) is 21.4. The summed E-state index contributed by atoms with van der Waals surface area (Å²) in [7, 11) is 0. The molecule has 0 saturated carbocycles. The van der Waals surface area contributed by atoms with Crippen LogP contribution in [0.4, 0.5) is 5.69 Å². The number of anilines is 1. The lowest BCUT2D eigenvalue weighted by atomic mass is 9.96. The maximum Gasteiger partial charge on any atom is 0.174 e. The topological polar surface area (TPSA) is 33.1 Å². The molecule has 1 aliphatic rings. The molecule has 33 heavy (non-hydrogen) atoms. The van der Waals surface area contributed by atoms with Crippen molar-refractivity contribution in [2.75, 3.05) is 4.90 Å². The van der Waals surface area contributed by atoms with Crippen LogP contribution in [-0.4, -0.2) is 14.7 Å². The second-order valence-electron chi connectivity index (χ2n) is 8.71. The number of pyridine rings is 1. The van der Waals surface area contributed by atoms with Gasteiger partial charge in [-0.25, -0.2) is 0 Å². The number of hydrogen-bond donors (Lipinski definition) is 1. The number of nitrogens with one attached hydrogen (secondary N) is 1. The Morgan fingerprint density at radius 3 is 2.36 bits per heavy atom. The average Bonchev–Trinajstić information content (AvgIpc) is 3.32. The van der Waals surface area contributed by atoms with Gasteiger partial charge in [-0.15, -0.1) is 0 Å². The number of thiocarbonyl (C=S) groups is 1. The molecule has 2 atom stereocenters. The van der Waals surface area contributed by atoms with Crippen LogP contribution in [0.5, 0.6) is 0 Å². The van der Waals surface area contributed by atoms with Crippen molar-refractivity contribution in [1.82, 2.24) is 14.9 Å². The normalized spacial score (nSPS) is 17.9. The van der Waals surface area contributed by atoms with Gasteiger partial charge in [0.25, 0.3) is 0 Å². The Labute approximate surface area is 200 Å². The minimum atomic E-state index is -0.0496. The van der Waals surface area contributed by atoms with Gasteiger partial charge in [0.15, 0.2) is 5.11 Å². The quantitative estimate of drug-likeness (QED) is 0.369. The summed E-state index contributed by atoms with van der Waals surface area (Å²) < 4.78 is 2.37. The molecule has 4 aromatic rings. The van der Waals surface area contributed by atoms with Gasteiger partial charge < -0.3 is 14.8 Å². The molecule has 1 fully saturated rings. The van der Waals surface area contributed by atoms with E-state index in [0.29, 0.717) is 0 Å². The van der Waals surface area contributed by atoms with E-state index in [1.807, 2.05) is 24.4 Å². The Bertz CT molecular complexity index is 1310. The summed E-state index contributed by atoms with van der Waals surface area (Å²) in [4.78, 5) is 6.93. The number of aryl methyl sites for hydroxylation is 2. The zero-order valence-corrected chi connectivity index (χ0v) is 20.2. The predicted molar refractivity (Wildman–Crippen MR) is 139 cm³/mol. The van der Waals surface area contributed by atoms with E-state index in [4.69, 9.17) is 12.2 Å². The van der Waals surface area contributed by atoms with Gasteiger partial charge in [-0.1, -0.05) is 36.4 Å². The molecule has 0 amide bonds. The van der Waals surface area contributed by atoms with Gasteiger partial charge in [-0.3, -0.25) is 4.98 Å². The van der Waals surface area contributed by atoms with Crippen molar-refractivity contribution in [2.24, 2.45) is 0 Å². The van der Waals surface area contributed by atoms with Crippen molar-refractivity contribution in [2.45, 2.75) is 39.8 Å². The summed E-state index contributed by atoms with van der Waals surface area (Å²) >= 11 is 5.87. The molecule has 0 unspecified atom stereocenters. The van der Waals surface area contributed by atoms with Crippen LogP contribution in [0, 0.1) is 27.7 Å². The van der Waals surface area contributed by atoms with Crippen LogP contribution in [0.2, 0.25) is 0 Å². The molecule has 1 aliphatic heterocycles. The molecule has 5 heteroatoms. The SMILES string of the molecule is Cc1cccc(-n2c(C)cc([C@H]3[C@@H](c4ccccn4)NC(=S)N3c3ccccc3)c2C)c1C. The highest BCUT2D eigenvalue weighted by Gasteiger charge is 2.42. The second-order valence-corrected chi connectivity index (χ2v) is 9.10. The Morgan fingerprint density at radius 1 is 0.879 bits per heavy atom. The maximum absolute atomic E-state index is 5.87. The van der Waals surface area contributed by atoms with Crippen molar-refractivity contribution in [3.05, 3.63) is 113 Å². The van der Waals surface area contributed by atoms with Crippen LogP contribution in [0.3, 0.4) is 0 Å². The smallest absolute Gasteiger partial charge is 0.174 e. The zero-order chi connectivity index (χ0) is 23.1. The minimum Gasteiger partial charge on any atom is -0.351 e. The van der Waals surface area contributed by atoms with Crippen LogP contribution in [0.15, 0.2) is 79.0 Å². The summed E-state index contributed by atoms with van der Waals surface area (Å²) in [6.45, 7) is 8.76. The molecule has 166 valence electrons. The molecule has 3 heterocycles. The number of rotatable bonds is 4. The summed E-state index contributed by atoms with van der Waals surface area (Å²) in [6.07, 6.45) is 1.85. The van der Waals surface area contributed by atoms with Crippen molar-refractivity contribution in [3.8, 4) is 5.69 Å². The fourth-order valence-corrected chi connectivity index (χ4v) is 5.32. The Balaban J connectivity index is 1.70. The van der Waals surface area contributed by atoms with Crippen LogP contribution in [-0.2, 0) is 0 Å². The van der Waals surface area contributed by atoms with E-state index in [1.165, 1.54) is 33.8 Å². The third-order valence-electron chi connectivity index (χ3n) is 6.74. The Hall–Kier alpha value is -3.44. The van der Waals surface area contributed by atoms with E-state index < -0.39 is 0 Å². The van der Waals surface area contributed by atoms with E-state index in [9.17, 15) is 0 Å². The molecule has 1 saturated heterocycles. The summed E-state index contributed by atoms with van der Waals surface area (Å²) in [5.74, 6) is 0. The van der Waals surface area contributed by atoms with E-state index in [-0.39, 0.29) is 12.1 Å². The van der Waals surface area contributed by atoms with Crippen molar-refractivity contribution in [1.29, 1.82) is 0 Å². The number of benzene rings is 2. The predicted octanol–water partition coefficient (Wildman–Crippen LogP) is 6.28. The lowest BCUT2D eigenvalue weighted by Gasteiger charge is -2.28. The summed E-state index contributed by atoms with van der Waals surface area (Å²) in [5, 5.41) is 4.29. The molecule has 2 aromatic heterocycles. The monoisotopic (exact) mass is 452 g/mol. The molecule has 4 nitrogen and oxygen atoms in total. The largest absolute Gasteiger partial charge is 0.351 e. The van der Waals surface area contributed by atoms with E-state index in [2.05, 4.69) is 102 Å². The zero-order valence-electron chi connectivity index (χ0n) is 19.4. The maximum atomic E-state index is 5.87. The van der Waals surface area contributed by atoms with Crippen LogP contribution < -0.4 is 10.2 Å². The second kappa shape index (κ2) is 8.49. The molecule has 0 radical (unpaired) electrons. The lowest BCUT2D eigenvalue weighted by Crippen LogP contribution is -2.29. The first-order chi connectivity index (χ1) is 16.0. The molecule has 0 bridgehead atoms. The molecular weight excluding hydrogens is 424 g/mol. The highest BCUT2D eigenvalue weighted by atomic mass is 32.1. The number of para-hydroxylation sites is 1. The number of nitrogens with zero attached hydrogens (tertiary/aromatic N) is 3. The summed E-state index contributed by atoms with van der Waals surface area (Å²) in [6, 6.07) is 25.2. The van der Waals surface area contributed by atoms with Gasteiger partial charge in [0.1, 0.15) is 0 Å². The van der Waals surface area contributed by atoms with Crippen LogP contribution >= 0.6 is 12.2 Å². The van der Waals surface area contributed by atoms with Gasteiger partial charge in [-0.05, 0) is 93.0 Å². The minimum absolute atomic E-state index is 0.0140. The van der Waals surface area contributed by atoms with E-state index >= 15 is 0 Å². The van der Waals surface area contributed by atoms with Gasteiger partial charge in [0.05, 0.1) is 17.8 Å². The van der Waals surface area contributed by atoms with Crippen LogP contribution in [0.25, 0.3) is 5.69 Å². The van der Waals surface area contributed by atoms with Crippen molar-refractivity contribution in [3.63, 3.8) is 0 Å². The molecule has 1 N–H and O–H groups in total. The number of hydrogen-bond acceptors (Lipinski definition) is 2. The summed E-state index contributed by atoms with van der Waals surface area (Å²) in [5.41, 5.74) is 9.57. The molecular formula is C28H28N4S. The van der Waals surface area contributed by atoms with Gasteiger partial charge in [0, 0.05) is 29.0 Å². The standard InChI is InChI=1S/C28H28N4S/c1-18-11-10-15-25(20(18)3)31-19(2)17-23(21(31)4)27-26(24-14-8-9-16-29-24)30-28(33)32(27)22-12-6-5-7-13-22/h5-17,26-27H,1-4H3,(H,30,33)/t26-,27+/m1/s1. The van der Waals surface area contributed by atoms with Gasteiger partial charge >= 0.3 is 0 Å². The van der Waals surface area contributed by atoms with Crippen molar-refractivity contribution >= 4 is 23.0 Å². The first-order valence-electron chi connectivity index (χ1n) is 11.3.